The third kappa shape index (κ3) is 1.66. The molecular formula is C16H11NOS. The van der Waals surface area contributed by atoms with Crippen LogP contribution in [0.15, 0.2) is 52.9 Å². The highest BCUT2D eigenvalue weighted by Crippen LogP contribution is 2.34. The van der Waals surface area contributed by atoms with Crippen molar-refractivity contribution >= 4 is 32.5 Å². The van der Waals surface area contributed by atoms with Crippen LogP contribution in [0.2, 0.25) is 0 Å². The Morgan fingerprint density at radius 3 is 2.79 bits per heavy atom. The third-order valence-corrected chi connectivity index (χ3v) is 4.29. The number of furan rings is 1. The number of rotatable bonds is 1. The fourth-order valence-corrected chi connectivity index (χ4v) is 3.28. The molecule has 0 amide bonds. The molecule has 92 valence electrons. The van der Waals surface area contributed by atoms with E-state index in [4.69, 9.17) is 9.40 Å². The summed E-state index contributed by atoms with van der Waals surface area (Å²) in [6.07, 6.45) is 0. The fraction of sp³-hybridized carbons (Fsp3) is 0.0625. The molecule has 4 rings (SSSR count). The monoisotopic (exact) mass is 265 g/mol. The summed E-state index contributed by atoms with van der Waals surface area (Å²) in [6.45, 7) is 2.09. The minimum atomic E-state index is 0.849. The highest BCUT2D eigenvalue weighted by atomic mass is 32.1. The second kappa shape index (κ2) is 3.93. The molecule has 3 heteroatoms. The zero-order valence-corrected chi connectivity index (χ0v) is 11.2. The average Bonchev–Trinajstić information content (AvgIpc) is 3.02. The summed E-state index contributed by atoms with van der Waals surface area (Å²) in [6, 6.07) is 16.4. The summed E-state index contributed by atoms with van der Waals surface area (Å²) in [5.41, 5.74) is 3.19. The number of aryl methyl sites for hydroxylation is 1. The van der Waals surface area contributed by atoms with Gasteiger partial charge >= 0.3 is 0 Å². The third-order valence-electron chi connectivity index (χ3n) is 3.26. The maximum Gasteiger partial charge on any atom is 0.164 e. The first-order valence-electron chi connectivity index (χ1n) is 6.16. The van der Waals surface area contributed by atoms with Gasteiger partial charge in [-0.1, -0.05) is 30.3 Å². The summed E-state index contributed by atoms with van der Waals surface area (Å²) in [7, 11) is 0. The van der Waals surface area contributed by atoms with Crippen molar-refractivity contribution in [2.24, 2.45) is 0 Å². The number of para-hydroxylation sites is 2. The summed E-state index contributed by atoms with van der Waals surface area (Å²) >= 11 is 1.67. The lowest BCUT2D eigenvalue weighted by Gasteiger charge is -1.90. The maximum atomic E-state index is 5.87. The average molecular weight is 265 g/mol. The second-order valence-corrected chi connectivity index (χ2v) is 5.62. The van der Waals surface area contributed by atoms with Crippen molar-refractivity contribution in [3.63, 3.8) is 0 Å². The van der Waals surface area contributed by atoms with Gasteiger partial charge in [-0.05, 0) is 30.7 Å². The van der Waals surface area contributed by atoms with E-state index in [0.717, 1.165) is 27.3 Å². The zero-order valence-electron chi connectivity index (χ0n) is 10.4. The first-order chi connectivity index (χ1) is 9.31. The van der Waals surface area contributed by atoms with Gasteiger partial charge in [-0.25, -0.2) is 4.98 Å². The molecule has 0 unspecified atom stereocenters. The predicted octanol–water partition coefficient (Wildman–Crippen LogP) is 5.02. The molecule has 0 saturated heterocycles. The van der Waals surface area contributed by atoms with Gasteiger partial charge in [0.15, 0.2) is 10.8 Å². The lowest BCUT2D eigenvalue weighted by Crippen LogP contribution is -1.75. The van der Waals surface area contributed by atoms with E-state index in [1.807, 2.05) is 18.2 Å². The van der Waals surface area contributed by atoms with Crippen LogP contribution in [0.25, 0.3) is 32.0 Å². The largest absolute Gasteiger partial charge is 0.454 e. The molecular weight excluding hydrogens is 254 g/mol. The molecule has 0 atom stereocenters. The van der Waals surface area contributed by atoms with Gasteiger partial charge in [0.05, 0.1) is 10.2 Å². The van der Waals surface area contributed by atoms with Gasteiger partial charge in [0.2, 0.25) is 0 Å². The number of hydrogen-bond acceptors (Lipinski definition) is 3. The molecule has 0 fully saturated rings. The van der Waals surface area contributed by atoms with Crippen LogP contribution in [0.3, 0.4) is 0 Å². The van der Waals surface area contributed by atoms with Gasteiger partial charge in [-0.3, -0.25) is 0 Å². The molecule has 2 heterocycles. The Kier molecular flexibility index (Phi) is 2.23. The van der Waals surface area contributed by atoms with Gasteiger partial charge < -0.3 is 4.42 Å². The van der Waals surface area contributed by atoms with Gasteiger partial charge in [0.25, 0.3) is 0 Å². The van der Waals surface area contributed by atoms with Crippen LogP contribution in [-0.2, 0) is 0 Å². The Morgan fingerprint density at radius 1 is 1.05 bits per heavy atom. The number of fused-ring (bicyclic) bond motifs is 2. The molecule has 0 spiro atoms. The van der Waals surface area contributed by atoms with Crippen molar-refractivity contribution in [1.29, 1.82) is 0 Å². The minimum absolute atomic E-state index is 0.849. The summed E-state index contributed by atoms with van der Waals surface area (Å²) in [5.74, 6) is 0.849. The van der Waals surface area contributed by atoms with E-state index in [-0.39, 0.29) is 0 Å². The van der Waals surface area contributed by atoms with Gasteiger partial charge in [0, 0.05) is 5.39 Å². The molecule has 0 aliphatic carbocycles. The fourth-order valence-electron chi connectivity index (χ4n) is 2.28. The van der Waals surface area contributed by atoms with Crippen molar-refractivity contribution in [1.82, 2.24) is 4.98 Å². The second-order valence-electron chi connectivity index (χ2n) is 4.59. The highest BCUT2D eigenvalue weighted by molar-refractivity contribution is 7.21. The molecule has 0 saturated carbocycles. The van der Waals surface area contributed by atoms with Crippen LogP contribution in [0.4, 0.5) is 0 Å². The van der Waals surface area contributed by atoms with Crippen molar-refractivity contribution < 1.29 is 4.42 Å². The highest BCUT2D eigenvalue weighted by Gasteiger charge is 2.11. The van der Waals surface area contributed by atoms with Gasteiger partial charge in [-0.15, -0.1) is 11.3 Å². The molecule has 2 nitrogen and oxygen atoms in total. The van der Waals surface area contributed by atoms with E-state index in [1.165, 1.54) is 10.3 Å². The normalized spacial score (nSPS) is 11.4. The Balaban J connectivity index is 1.96. The Hall–Kier alpha value is -2.13. The topological polar surface area (TPSA) is 26.0 Å². The van der Waals surface area contributed by atoms with E-state index in [9.17, 15) is 0 Å². The standard InChI is InChI=1S/C16H11NOS/c1-10-5-4-8-14-15(10)17-16(19-14)13-9-11-6-2-3-7-12(11)18-13/h2-9H,1H3. The van der Waals surface area contributed by atoms with E-state index >= 15 is 0 Å². The maximum absolute atomic E-state index is 5.87. The van der Waals surface area contributed by atoms with Crippen molar-refractivity contribution in [3.05, 3.63) is 54.1 Å². The molecule has 0 radical (unpaired) electrons. The lowest BCUT2D eigenvalue weighted by atomic mass is 10.2. The molecule has 19 heavy (non-hydrogen) atoms. The SMILES string of the molecule is Cc1cccc2sc(-c3cc4ccccc4o3)nc12. The molecule has 0 bridgehead atoms. The number of benzene rings is 2. The first kappa shape index (κ1) is 10.8. The van der Waals surface area contributed by atoms with Crippen LogP contribution in [0, 0.1) is 6.92 Å². The van der Waals surface area contributed by atoms with E-state index in [0.29, 0.717) is 0 Å². The molecule has 2 aromatic carbocycles. The smallest absolute Gasteiger partial charge is 0.164 e. The number of thiazole rings is 1. The van der Waals surface area contributed by atoms with Crippen LogP contribution in [0.5, 0.6) is 0 Å². The Labute approximate surface area is 114 Å². The molecule has 0 aliphatic heterocycles. The Morgan fingerprint density at radius 2 is 1.95 bits per heavy atom. The predicted molar refractivity (Wildman–Crippen MR) is 79.6 cm³/mol. The van der Waals surface area contributed by atoms with Crippen LogP contribution in [0.1, 0.15) is 5.56 Å². The van der Waals surface area contributed by atoms with Gasteiger partial charge in [0.1, 0.15) is 5.58 Å². The van der Waals surface area contributed by atoms with E-state index in [2.05, 4.69) is 37.3 Å². The van der Waals surface area contributed by atoms with E-state index in [1.54, 1.807) is 11.3 Å². The van der Waals surface area contributed by atoms with Crippen molar-refractivity contribution in [2.45, 2.75) is 6.92 Å². The number of hydrogen-bond donors (Lipinski definition) is 0. The van der Waals surface area contributed by atoms with Crippen LogP contribution < -0.4 is 0 Å². The summed E-state index contributed by atoms with van der Waals surface area (Å²) in [4.78, 5) is 4.70. The van der Waals surface area contributed by atoms with Crippen molar-refractivity contribution in [2.75, 3.05) is 0 Å². The molecule has 2 aromatic heterocycles. The van der Waals surface area contributed by atoms with E-state index < -0.39 is 0 Å². The van der Waals surface area contributed by atoms with Crippen LogP contribution >= 0.6 is 11.3 Å². The minimum Gasteiger partial charge on any atom is -0.454 e. The first-order valence-corrected chi connectivity index (χ1v) is 6.98. The lowest BCUT2D eigenvalue weighted by molar-refractivity contribution is 0.631. The van der Waals surface area contributed by atoms with Gasteiger partial charge in [-0.2, -0.15) is 0 Å². The number of nitrogens with zero attached hydrogens (tertiary/aromatic N) is 1. The zero-order chi connectivity index (χ0) is 12.8. The Bertz CT molecular complexity index is 855. The molecule has 0 aliphatic rings. The number of aromatic nitrogens is 1. The summed E-state index contributed by atoms with van der Waals surface area (Å²) in [5, 5.41) is 2.06. The van der Waals surface area contributed by atoms with Crippen molar-refractivity contribution in [3.8, 4) is 10.8 Å². The molecule has 4 aromatic rings. The van der Waals surface area contributed by atoms with Crippen LogP contribution in [-0.4, -0.2) is 4.98 Å². The summed E-state index contributed by atoms with van der Waals surface area (Å²) < 4.78 is 7.08. The quantitative estimate of drug-likeness (QED) is 0.483. The molecule has 0 N–H and O–H groups in total.